The van der Waals surface area contributed by atoms with E-state index in [0.29, 0.717) is 50.5 Å². The van der Waals surface area contributed by atoms with Crippen LogP contribution in [-0.4, -0.2) is 28.7 Å². The minimum Gasteiger partial charge on any atom is -0.309 e. The summed E-state index contributed by atoms with van der Waals surface area (Å²) in [5.74, 6) is 0.718. The van der Waals surface area contributed by atoms with E-state index < -0.39 is 11.7 Å². The number of fused-ring (bicyclic) bond motifs is 9. The van der Waals surface area contributed by atoms with Crippen molar-refractivity contribution >= 4 is 65.4 Å². The molecule has 4 heterocycles. The molecule has 0 spiro atoms. The highest BCUT2D eigenvalue weighted by molar-refractivity contribution is 6.15. The third-order valence-corrected chi connectivity index (χ3v) is 21.6. The maximum absolute atomic E-state index is 17.4. The summed E-state index contributed by atoms with van der Waals surface area (Å²) in [6.07, 6.45) is -4.91. The minimum atomic E-state index is -4.91. The second-order valence-electron chi connectivity index (χ2n) is 28.0. The van der Waals surface area contributed by atoms with Gasteiger partial charge in [-0.25, -0.2) is 15.0 Å². The van der Waals surface area contributed by atoms with Gasteiger partial charge in [-0.3, -0.25) is 0 Å². The molecule has 0 aliphatic carbocycles. The number of halogens is 3. The van der Waals surface area contributed by atoms with Crippen molar-refractivity contribution in [2.45, 2.75) is 6.18 Å². The van der Waals surface area contributed by atoms with Gasteiger partial charge >= 0.3 is 6.18 Å². The molecule has 20 rings (SSSR count). The van der Waals surface area contributed by atoms with Gasteiger partial charge in [0.25, 0.3) is 0 Å². The van der Waals surface area contributed by atoms with Crippen LogP contribution in [0, 0.1) is 11.3 Å². The monoisotopic (exact) mass is 1430 g/mol. The summed E-state index contributed by atoms with van der Waals surface area (Å²) in [4.78, 5) is 16.6. The van der Waals surface area contributed by atoms with E-state index in [1.54, 1.807) is 28.8 Å². The molecule has 522 valence electrons. The van der Waals surface area contributed by atoms with Crippen molar-refractivity contribution in [3.8, 4) is 135 Å². The molecule has 7 nitrogen and oxygen atoms in total. The molecule has 0 aliphatic rings. The molecule has 0 amide bonds. The fourth-order valence-corrected chi connectivity index (χ4v) is 16.4. The zero-order valence-corrected chi connectivity index (χ0v) is 59.6. The fourth-order valence-electron chi connectivity index (χ4n) is 16.4. The predicted octanol–water partition coefficient (Wildman–Crippen LogP) is 26.7. The smallest absolute Gasteiger partial charge is 0.309 e. The van der Waals surface area contributed by atoms with Crippen LogP contribution in [0.25, 0.3) is 195 Å². The van der Waals surface area contributed by atoms with Gasteiger partial charge in [-0.2, -0.15) is 18.4 Å². The SMILES string of the molecule is N#Cc1ccc(-n2c3ccc(-c4ccccc4)cc3c3cc(-c4ccccc4)ccc32)c(-c2nc(-c3ccccc3)nc(-c3cc(-c4cccc(-n5c6ccc(-c7ccccc7)cc6c6cc(-c7ccccc7)ccc65)c4C(F)(F)F)ccc3-n3c4ccc(-c5ccccc5)cc4c4cc(-c5ccccc5)ccc43)n2)c1. The standard InChI is InChI=1S/C101H62F3N7/c102-101(103,104)97-79(37-22-38-96(97)111-92-52-44-76(69-31-16-5-17-32-69)60-84(92)85-61-77(45-53-93(85)111)70-33-18-6-19-34-70)78-46-54-95(110-90-50-42-74(67-27-12-3-13-28-67)58-82(90)83-59-75(43-51-91(83)110)68-29-14-4-15-30-68)87(62-78)100-107-98(71-35-20-7-21-36-71)106-99(108-100)86-55-64(63-105)39-47-94(86)109-88-48-40-72(65-23-8-1-9-24-65)56-80(88)81-57-73(41-49-89(81)109)66-25-10-2-11-26-66/h1-62H. The fraction of sp³-hybridized carbons (Fsp3) is 0.00990. The summed E-state index contributed by atoms with van der Waals surface area (Å²) < 4.78 is 58.3. The molecule has 0 fully saturated rings. The van der Waals surface area contributed by atoms with Gasteiger partial charge in [0, 0.05) is 49.0 Å². The molecule has 0 N–H and O–H groups in total. The second-order valence-corrected chi connectivity index (χ2v) is 28.0. The lowest BCUT2D eigenvalue weighted by Gasteiger charge is -2.21. The van der Waals surface area contributed by atoms with Gasteiger partial charge in [-0.15, -0.1) is 0 Å². The van der Waals surface area contributed by atoms with Gasteiger partial charge in [0.2, 0.25) is 0 Å². The zero-order valence-electron chi connectivity index (χ0n) is 59.6. The summed E-state index contributed by atoms with van der Waals surface area (Å²) >= 11 is 0. The van der Waals surface area contributed by atoms with Crippen LogP contribution >= 0.6 is 0 Å². The van der Waals surface area contributed by atoms with E-state index in [2.05, 4.69) is 149 Å². The van der Waals surface area contributed by atoms with Crippen LogP contribution in [0.5, 0.6) is 0 Å². The predicted molar refractivity (Wildman–Crippen MR) is 447 cm³/mol. The van der Waals surface area contributed by atoms with Gasteiger partial charge in [-0.05, 0) is 187 Å². The third-order valence-electron chi connectivity index (χ3n) is 21.6. The topological polar surface area (TPSA) is 77.2 Å². The Hall–Kier alpha value is -14.8. The minimum absolute atomic E-state index is 0.0345. The lowest BCUT2D eigenvalue weighted by atomic mass is 9.95. The first-order valence-corrected chi connectivity index (χ1v) is 36.9. The average molecular weight is 1430 g/mol. The Morgan fingerprint density at radius 2 is 0.505 bits per heavy atom. The third kappa shape index (κ3) is 11.6. The Morgan fingerprint density at radius 3 is 0.820 bits per heavy atom. The molecular weight excluding hydrogens is 1370 g/mol. The molecule has 0 bridgehead atoms. The van der Waals surface area contributed by atoms with E-state index in [1.807, 2.05) is 218 Å². The van der Waals surface area contributed by atoms with Gasteiger partial charge in [0.15, 0.2) is 17.5 Å². The highest BCUT2D eigenvalue weighted by atomic mass is 19.4. The first-order chi connectivity index (χ1) is 54.6. The van der Waals surface area contributed by atoms with Crippen molar-refractivity contribution < 1.29 is 13.2 Å². The molecule has 20 aromatic rings. The van der Waals surface area contributed by atoms with Crippen molar-refractivity contribution in [2.24, 2.45) is 0 Å². The first kappa shape index (κ1) is 65.7. The van der Waals surface area contributed by atoms with Crippen LogP contribution < -0.4 is 0 Å². The molecule has 0 unspecified atom stereocenters. The van der Waals surface area contributed by atoms with E-state index in [4.69, 9.17) is 15.0 Å². The molecule has 0 saturated carbocycles. The Morgan fingerprint density at radius 1 is 0.225 bits per heavy atom. The van der Waals surface area contributed by atoms with Crippen molar-refractivity contribution in [1.29, 1.82) is 5.26 Å². The zero-order chi connectivity index (χ0) is 74.3. The Kier molecular flexibility index (Phi) is 15.9. The summed E-state index contributed by atoms with van der Waals surface area (Å²) in [6.45, 7) is 0. The van der Waals surface area contributed by atoms with Crippen LogP contribution in [0.3, 0.4) is 0 Å². The molecule has 0 aliphatic heterocycles. The molecular formula is C101H62F3N7. The van der Waals surface area contributed by atoms with Crippen LogP contribution in [0.1, 0.15) is 11.1 Å². The number of alkyl halides is 3. The van der Waals surface area contributed by atoms with Gasteiger partial charge in [0.05, 0.1) is 67.4 Å². The van der Waals surface area contributed by atoms with Gasteiger partial charge in [0.1, 0.15) is 0 Å². The number of benzene rings is 16. The molecule has 0 atom stereocenters. The van der Waals surface area contributed by atoms with Crippen molar-refractivity contribution in [3.63, 3.8) is 0 Å². The van der Waals surface area contributed by atoms with E-state index >= 15 is 13.2 Å². The van der Waals surface area contributed by atoms with E-state index in [-0.39, 0.29) is 28.5 Å². The Balaban J connectivity index is 0.859. The van der Waals surface area contributed by atoms with Crippen LogP contribution in [0.15, 0.2) is 376 Å². The Labute approximate surface area is 637 Å². The van der Waals surface area contributed by atoms with Crippen LogP contribution in [-0.2, 0) is 6.18 Å². The molecule has 0 saturated heterocycles. The highest BCUT2D eigenvalue weighted by Crippen LogP contribution is 2.49. The molecule has 111 heavy (non-hydrogen) atoms. The highest BCUT2D eigenvalue weighted by Gasteiger charge is 2.39. The quantitative estimate of drug-likeness (QED) is 0.115. The van der Waals surface area contributed by atoms with E-state index in [0.717, 1.165) is 121 Å². The lowest BCUT2D eigenvalue weighted by Crippen LogP contribution is -2.13. The number of hydrogen-bond acceptors (Lipinski definition) is 4. The normalized spacial score (nSPS) is 11.7. The molecule has 10 heteroatoms. The summed E-state index contributed by atoms with van der Waals surface area (Å²) in [6, 6.07) is 128. The number of nitriles is 1. The van der Waals surface area contributed by atoms with Crippen LogP contribution in [0.4, 0.5) is 13.2 Å². The van der Waals surface area contributed by atoms with Gasteiger partial charge < -0.3 is 13.7 Å². The van der Waals surface area contributed by atoms with Crippen molar-refractivity contribution in [2.75, 3.05) is 0 Å². The molecule has 16 aromatic carbocycles. The Bertz CT molecular complexity index is 6800. The summed E-state index contributed by atoms with van der Waals surface area (Å²) in [5, 5.41) is 16.6. The molecule has 4 aromatic heterocycles. The largest absolute Gasteiger partial charge is 0.419 e. The number of aromatic nitrogens is 6. The summed E-state index contributed by atoms with van der Waals surface area (Å²) in [7, 11) is 0. The van der Waals surface area contributed by atoms with E-state index in [1.165, 1.54) is 0 Å². The summed E-state index contributed by atoms with van der Waals surface area (Å²) in [5.41, 5.74) is 19.6. The van der Waals surface area contributed by atoms with Crippen LogP contribution in [0.2, 0.25) is 0 Å². The van der Waals surface area contributed by atoms with E-state index in [9.17, 15) is 5.26 Å². The second kappa shape index (κ2) is 26.9. The number of nitrogens with zero attached hydrogens (tertiary/aromatic N) is 7. The first-order valence-electron chi connectivity index (χ1n) is 36.9. The van der Waals surface area contributed by atoms with Crippen molar-refractivity contribution in [3.05, 3.63) is 387 Å². The maximum Gasteiger partial charge on any atom is 0.419 e. The van der Waals surface area contributed by atoms with Gasteiger partial charge in [-0.1, -0.05) is 267 Å². The lowest BCUT2D eigenvalue weighted by molar-refractivity contribution is -0.136. The average Bonchev–Trinajstić information content (AvgIpc) is 1.61. The number of hydrogen-bond donors (Lipinski definition) is 0. The maximum atomic E-state index is 17.4. The van der Waals surface area contributed by atoms with Crippen molar-refractivity contribution in [1.82, 2.24) is 28.7 Å². The molecule has 0 radical (unpaired) electrons. The number of rotatable bonds is 13.